The van der Waals surface area contributed by atoms with Crippen LogP contribution < -0.4 is 14.8 Å². The zero-order valence-electron chi connectivity index (χ0n) is 17.2. The van der Waals surface area contributed by atoms with Crippen LogP contribution in [0.15, 0.2) is 47.4 Å². The molecule has 164 valence electrons. The van der Waals surface area contributed by atoms with Crippen molar-refractivity contribution in [2.75, 3.05) is 17.2 Å². The zero-order chi connectivity index (χ0) is 22.2. The molecule has 3 aromatic rings. The van der Waals surface area contributed by atoms with Gasteiger partial charge in [0.25, 0.3) is 0 Å². The number of rotatable bonds is 8. The predicted molar refractivity (Wildman–Crippen MR) is 116 cm³/mol. The van der Waals surface area contributed by atoms with Crippen LogP contribution in [-0.2, 0) is 14.9 Å². The zero-order valence-corrected chi connectivity index (χ0v) is 18.0. The van der Waals surface area contributed by atoms with Gasteiger partial charge < -0.3 is 19.6 Å². The number of anilines is 2. The lowest BCUT2D eigenvalue weighted by atomic mass is 10.1. The number of aromatic amines is 1. The van der Waals surface area contributed by atoms with E-state index in [0.717, 1.165) is 12.8 Å². The van der Waals surface area contributed by atoms with Crippen LogP contribution in [0.2, 0.25) is 0 Å². The molecular weight excluding hydrogens is 420 g/mol. The van der Waals surface area contributed by atoms with Crippen molar-refractivity contribution in [3.05, 3.63) is 42.5 Å². The number of benzene rings is 2. The minimum atomic E-state index is -4.04. The van der Waals surface area contributed by atoms with Gasteiger partial charge >= 0.3 is 10.1 Å². The van der Waals surface area contributed by atoms with E-state index in [1.54, 1.807) is 18.2 Å². The van der Waals surface area contributed by atoms with Crippen molar-refractivity contribution in [1.82, 2.24) is 9.97 Å². The van der Waals surface area contributed by atoms with Gasteiger partial charge in [-0.15, -0.1) is 0 Å². The van der Waals surface area contributed by atoms with Gasteiger partial charge in [0, 0.05) is 17.7 Å². The average molecular weight is 445 g/mol. The van der Waals surface area contributed by atoms with Crippen LogP contribution in [0.5, 0.6) is 5.75 Å². The second-order valence-corrected chi connectivity index (χ2v) is 9.80. The van der Waals surface area contributed by atoms with Crippen LogP contribution in [0.1, 0.15) is 26.7 Å². The number of amides is 1. The van der Waals surface area contributed by atoms with Gasteiger partial charge in [-0.2, -0.15) is 8.42 Å². The van der Waals surface area contributed by atoms with Crippen molar-refractivity contribution in [2.45, 2.75) is 37.1 Å². The highest BCUT2D eigenvalue weighted by Crippen LogP contribution is 2.30. The third kappa shape index (κ3) is 4.97. The van der Waals surface area contributed by atoms with Crippen LogP contribution in [0.3, 0.4) is 0 Å². The first kappa shape index (κ1) is 21.1. The highest BCUT2D eigenvalue weighted by Gasteiger charge is 2.30. The molecule has 1 amide bonds. The molecule has 1 aromatic heterocycles. The summed E-state index contributed by atoms with van der Waals surface area (Å²) >= 11 is 0. The lowest BCUT2D eigenvalue weighted by Gasteiger charge is -2.24. The van der Waals surface area contributed by atoms with E-state index in [4.69, 9.17) is 4.18 Å². The molecule has 0 radical (unpaired) electrons. The van der Waals surface area contributed by atoms with Crippen LogP contribution in [-0.4, -0.2) is 41.5 Å². The Morgan fingerprint density at radius 1 is 1.23 bits per heavy atom. The number of H-pyrrole nitrogens is 1. The number of aliphatic hydroxyl groups excluding tert-OH is 1. The summed E-state index contributed by atoms with van der Waals surface area (Å²) in [7, 11) is -4.04. The topological polar surface area (TPSA) is 133 Å². The fraction of sp³-hybridized carbons (Fsp3) is 0.333. The summed E-state index contributed by atoms with van der Waals surface area (Å²) in [6.07, 6.45) is 1.77. The minimum Gasteiger partial charge on any atom is -0.394 e. The van der Waals surface area contributed by atoms with E-state index in [-0.39, 0.29) is 29.1 Å². The number of imidazole rings is 1. The first-order valence-electron chi connectivity index (χ1n) is 9.89. The number of hydrogen-bond donors (Lipinski definition) is 4. The number of aromatic nitrogens is 2. The molecule has 0 atom stereocenters. The van der Waals surface area contributed by atoms with Gasteiger partial charge in [-0.3, -0.25) is 10.1 Å². The Hall–Kier alpha value is -3.11. The number of carbonyl (C=O) groups is 1. The number of nitrogens with zero attached hydrogens (tertiary/aromatic N) is 1. The second kappa shape index (κ2) is 7.86. The van der Waals surface area contributed by atoms with Gasteiger partial charge in [-0.05, 0) is 63.1 Å². The molecule has 2 aromatic carbocycles. The third-order valence-electron chi connectivity index (χ3n) is 4.87. The molecule has 0 aliphatic heterocycles. The molecule has 10 heteroatoms. The number of nitrogens with one attached hydrogen (secondary N) is 3. The Morgan fingerprint density at radius 3 is 2.58 bits per heavy atom. The van der Waals surface area contributed by atoms with Gasteiger partial charge in [0.2, 0.25) is 11.9 Å². The summed E-state index contributed by atoms with van der Waals surface area (Å²) < 4.78 is 30.6. The number of carbonyl (C=O) groups excluding carboxylic acids is 1. The van der Waals surface area contributed by atoms with E-state index in [2.05, 4.69) is 20.6 Å². The van der Waals surface area contributed by atoms with Gasteiger partial charge in [-0.25, -0.2) is 4.98 Å². The van der Waals surface area contributed by atoms with Crippen molar-refractivity contribution in [3.8, 4) is 5.75 Å². The summed E-state index contributed by atoms with van der Waals surface area (Å²) in [4.78, 5) is 19.1. The Balaban J connectivity index is 1.48. The fourth-order valence-electron chi connectivity index (χ4n) is 2.97. The Labute approximate surface area is 180 Å². The van der Waals surface area contributed by atoms with Gasteiger partial charge in [0.1, 0.15) is 10.6 Å². The molecule has 1 saturated carbocycles. The summed E-state index contributed by atoms with van der Waals surface area (Å²) in [5.74, 6) is 0.424. The van der Waals surface area contributed by atoms with Gasteiger partial charge in [-0.1, -0.05) is 0 Å². The van der Waals surface area contributed by atoms with Crippen LogP contribution in [0, 0.1) is 5.92 Å². The monoisotopic (exact) mass is 444 g/mol. The van der Waals surface area contributed by atoms with E-state index < -0.39 is 15.7 Å². The quantitative estimate of drug-likeness (QED) is 0.393. The van der Waals surface area contributed by atoms with Crippen molar-refractivity contribution in [3.63, 3.8) is 0 Å². The van der Waals surface area contributed by atoms with Crippen molar-refractivity contribution >= 4 is 38.7 Å². The summed E-state index contributed by atoms with van der Waals surface area (Å²) in [5, 5.41) is 15.2. The van der Waals surface area contributed by atoms with E-state index in [9.17, 15) is 18.3 Å². The van der Waals surface area contributed by atoms with Crippen LogP contribution >= 0.6 is 0 Å². The van der Waals surface area contributed by atoms with E-state index >= 15 is 0 Å². The Bertz CT molecular complexity index is 1210. The molecule has 0 bridgehead atoms. The van der Waals surface area contributed by atoms with Crippen LogP contribution in [0.25, 0.3) is 11.0 Å². The number of fused-ring (bicyclic) bond motifs is 1. The molecule has 0 unspecified atom stereocenters. The molecule has 0 saturated heterocycles. The van der Waals surface area contributed by atoms with E-state index in [0.29, 0.717) is 22.7 Å². The maximum Gasteiger partial charge on any atom is 0.339 e. The first-order chi connectivity index (χ1) is 14.6. The molecule has 0 spiro atoms. The van der Waals surface area contributed by atoms with Crippen LogP contribution in [0.4, 0.5) is 11.6 Å². The normalized spacial score (nSPS) is 14.4. The van der Waals surface area contributed by atoms with Gasteiger partial charge in [0.15, 0.2) is 0 Å². The first-order valence-corrected chi connectivity index (χ1v) is 11.3. The fourth-order valence-corrected chi connectivity index (χ4v) is 3.90. The summed E-state index contributed by atoms with van der Waals surface area (Å²) in [5.41, 5.74) is 1.27. The predicted octanol–water partition coefficient (Wildman–Crippen LogP) is 2.86. The van der Waals surface area contributed by atoms with Crippen molar-refractivity contribution in [2.24, 2.45) is 5.92 Å². The number of hydrogen-bond acceptors (Lipinski definition) is 7. The van der Waals surface area contributed by atoms with Crippen molar-refractivity contribution < 1.29 is 22.5 Å². The number of aliphatic hydroxyl groups is 1. The Kier molecular flexibility index (Phi) is 5.36. The highest BCUT2D eigenvalue weighted by atomic mass is 32.2. The lowest BCUT2D eigenvalue weighted by Crippen LogP contribution is -2.34. The standard InChI is InChI=1S/C21H24N4O5S/c1-21(2,12-26)25-14-5-8-16(9-6-14)31(28,29)30-15-7-10-17-18(11-15)23-20(22-17)24-19(27)13-3-4-13/h5-11,13,25-26H,3-4,12H2,1-2H3,(H2,22,23,24,27). The molecule has 9 nitrogen and oxygen atoms in total. The SMILES string of the molecule is CC(C)(CO)Nc1ccc(S(=O)(=O)Oc2ccc3nc(NC(=O)C4CC4)[nH]c3c2)cc1. The summed E-state index contributed by atoms with van der Waals surface area (Å²) in [6.45, 7) is 3.59. The smallest absolute Gasteiger partial charge is 0.339 e. The molecule has 1 aliphatic rings. The Morgan fingerprint density at radius 2 is 1.94 bits per heavy atom. The molecule has 31 heavy (non-hydrogen) atoms. The average Bonchev–Trinajstić information content (AvgIpc) is 3.49. The molecule has 1 aliphatic carbocycles. The molecule has 1 heterocycles. The molecule has 4 N–H and O–H groups in total. The maximum absolute atomic E-state index is 12.7. The summed E-state index contributed by atoms with van der Waals surface area (Å²) in [6, 6.07) is 10.7. The van der Waals surface area contributed by atoms with Gasteiger partial charge in [0.05, 0.1) is 23.2 Å². The molecule has 1 fully saturated rings. The van der Waals surface area contributed by atoms with E-state index in [1.807, 2.05) is 13.8 Å². The lowest BCUT2D eigenvalue weighted by molar-refractivity contribution is -0.117. The van der Waals surface area contributed by atoms with E-state index in [1.165, 1.54) is 24.3 Å². The largest absolute Gasteiger partial charge is 0.394 e. The molecular formula is C21H24N4O5S. The molecule has 4 rings (SSSR count). The second-order valence-electron chi connectivity index (χ2n) is 8.26. The third-order valence-corrected chi connectivity index (χ3v) is 6.13. The maximum atomic E-state index is 12.7. The minimum absolute atomic E-state index is 0.00180. The highest BCUT2D eigenvalue weighted by molar-refractivity contribution is 7.87. The van der Waals surface area contributed by atoms with Crippen molar-refractivity contribution in [1.29, 1.82) is 0 Å².